The van der Waals surface area contributed by atoms with E-state index in [-0.39, 0.29) is 11.0 Å². The van der Waals surface area contributed by atoms with Gasteiger partial charge in [0, 0.05) is 4.90 Å². The average molecular weight is 326 g/mol. The lowest BCUT2D eigenvalue weighted by Gasteiger charge is -2.10. The number of nitrogen functional groups attached to an aromatic ring is 1. The van der Waals surface area contributed by atoms with Crippen LogP contribution >= 0.6 is 23.4 Å². The summed E-state index contributed by atoms with van der Waals surface area (Å²) < 4.78 is 24.2. The number of anilines is 1. The zero-order valence-corrected chi connectivity index (χ0v) is 12.8. The third-order valence-electron chi connectivity index (χ3n) is 3.22. The van der Waals surface area contributed by atoms with Gasteiger partial charge in [0.2, 0.25) is 0 Å². The standard InChI is InChI=1S/C14H12ClNO2S2/c15-11-7-9(5-6-12(11)16)19-13-8-20(17,18)14-4-2-1-3-10(13)14/h1-7,13H,8,16H2. The SMILES string of the molecule is Nc1ccc(SC2CS(=O)(=O)c3ccccc32)cc1Cl. The zero-order chi connectivity index (χ0) is 14.3. The van der Waals surface area contributed by atoms with Gasteiger partial charge in [0.25, 0.3) is 0 Å². The summed E-state index contributed by atoms with van der Waals surface area (Å²) in [6.45, 7) is 0. The van der Waals surface area contributed by atoms with E-state index in [2.05, 4.69) is 0 Å². The lowest BCUT2D eigenvalue weighted by atomic mass is 10.2. The Morgan fingerprint density at radius 2 is 1.95 bits per heavy atom. The van der Waals surface area contributed by atoms with Crippen molar-refractivity contribution in [3.05, 3.63) is 53.1 Å². The van der Waals surface area contributed by atoms with Gasteiger partial charge in [-0.25, -0.2) is 8.42 Å². The van der Waals surface area contributed by atoms with Crippen molar-refractivity contribution in [1.82, 2.24) is 0 Å². The van der Waals surface area contributed by atoms with Crippen molar-refractivity contribution < 1.29 is 8.42 Å². The average Bonchev–Trinajstić information content (AvgIpc) is 2.66. The molecule has 0 saturated heterocycles. The Labute approximate surface area is 127 Å². The molecule has 0 radical (unpaired) electrons. The first-order chi connectivity index (χ1) is 9.47. The normalized spacial score (nSPS) is 19.8. The summed E-state index contributed by atoms with van der Waals surface area (Å²) in [7, 11) is -3.17. The summed E-state index contributed by atoms with van der Waals surface area (Å²) >= 11 is 7.50. The molecule has 1 unspecified atom stereocenters. The predicted molar refractivity (Wildman–Crippen MR) is 83.0 cm³/mol. The van der Waals surface area contributed by atoms with Crippen LogP contribution in [0.1, 0.15) is 10.8 Å². The predicted octanol–water partition coefficient (Wildman–Crippen LogP) is 3.54. The van der Waals surface area contributed by atoms with Crippen molar-refractivity contribution in [1.29, 1.82) is 0 Å². The highest BCUT2D eigenvalue weighted by Crippen LogP contribution is 2.45. The number of halogens is 1. The molecule has 3 rings (SSSR count). The van der Waals surface area contributed by atoms with E-state index >= 15 is 0 Å². The summed E-state index contributed by atoms with van der Waals surface area (Å²) in [6.07, 6.45) is 0. The van der Waals surface area contributed by atoms with Gasteiger partial charge in [-0.1, -0.05) is 29.8 Å². The van der Waals surface area contributed by atoms with Crippen molar-refractivity contribution in [3.63, 3.8) is 0 Å². The summed E-state index contributed by atoms with van der Waals surface area (Å²) in [4.78, 5) is 1.36. The molecule has 2 aromatic carbocycles. The third kappa shape index (κ3) is 2.41. The first-order valence-electron chi connectivity index (χ1n) is 6.01. The van der Waals surface area contributed by atoms with Crippen LogP contribution in [0.5, 0.6) is 0 Å². The Hall–Kier alpha value is -1.17. The molecule has 1 aliphatic heterocycles. The van der Waals surface area contributed by atoms with Crippen molar-refractivity contribution in [3.8, 4) is 0 Å². The van der Waals surface area contributed by atoms with Crippen LogP contribution < -0.4 is 5.73 Å². The Bertz CT molecular complexity index is 774. The highest BCUT2D eigenvalue weighted by molar-refractivity contribution is 8.01. The van der Waals surface area contributed by atoms with Gasteiger partial charge in [0.15, 0.2) is 9.84 Å². The van der Waals surface area contributed by atoms with Crippen LogP contribution in [0.2, 0.25) is 5.02 Å². The lowest BCUT2D eigenvalue weighted by Crippen LogP contribution is -2.01. The van der Waals surface area contributed by atoms with E-state index in [1.54, 1.807) is 24.3 Å². The van der Waals surface area contributed by atoms with Crippen LogP contribution in [-0.4, -0.2) is 14.2 Å². The van der Waals surface area contributed by atoms with E-state index in [1.807, 2.05) is 18.2 Å². The second-order valence-corrected chi connectivity index (χ2v) is 8.30. The Morgan fingerprint density at radius 1 is 1.20 bits per heavy atom. The van der Waals surface area contributed by atoms with E-state index in [1.165, 1.54) is 11.8 Å². The van der Waals surface area contributed by atoms with Gasteiger partial charge in [0.1, 0.15) is 0 Å². The molecular formula is C14H12ClNO2S2. The van der Waals surface area contributed by atoms with Crippen molar-refractivity contribution in [2.45, 2.75) is 15.0 Å². The number of nitrogens with two attached hydrogens (primary N) is 1. The van der Waals surface area contributed by atoms with Gasteiger partial charge in [0.05, 0.1) is 26.6 Å². The molecule has 0 fully saturated rings. The Kier molecular flexibility index (Phi) is 3.44. The number of rotatable bonds is 2. The number of hydrogen-bond acceptors (Lipinski definition) is 4. The van der Waals surface area contributed by atoms with Gasteiger partial charge >= 0.3 is 0 Å². The van der Waals surface area contributed by atoms with Gasteiger partial charge in [-0.2, -0.15) is 0 Å². The second-order valence-electron chi connectivity index (χ2n) is 4.61. The van der Waals surface area contributed by atoms with Crippen molar-refractivity contribution in [2.24, 2.45) is 0 Å². The van der Waals surface area contributed by atoms with E-state index < -0.39 is 9.84 Å². The molecule has 0 saturated carbocycles. The minimum Gasteiger partial charge on any atom is -0.398 e. The van der Waals surface area contributed by atoms with E-state index in [0.29, 0.717) is 15.6 Å². The first-order valence-corrected chi connectivity index (χ1v) is 8.92. The summed E-state index contributed by atoms with van der Waals surface area (Å²) in [5, 5.41) is 0.389. The molecule has 6 heteroatoms. The van der Waals surface area contributed by atoms with Crippen LogP contribution in [0.4, 0.5) is 5.69 Å². The van der Waals surface area contributed by atoms with Crippen LogP contribution in [-0.2, 0) is 9.84 Å². The molecule has 1 atom stereocenters. The highest BCUT2D eigenvalue weighted by Gasteiger charge is 2.34. The molecule has 1 aliphatic rings. The maximum atomic E-state index is 12.1. The minimum absolute atomic E-state index is 0.101. The fourth-order valence-electron chi connectivity index (χ4n) is 2.25. The molecule has 1 heterocycles. The number of sulfone groups is 1. The molecule has 104 valence electrons. The first kappa shape index (κ1) is 13.8. The number of thioether (sulfide) groups is 1. The molecule has 0 aliphatic carbocycles. The van der Waals surface area contributed by atoms with Crippen molar-refractivity contribution in [2.75, 3.05) is 11.5 Å². The molecule has 3 nitrogen and oxygen atoms in total. The Morgan fingerprint density at radius 3 is 2.70 bits per heavy atom. The van der Waals surface area contributed by atoms with Crippen LogP contribution in [0.25, 0.3) is 0 Å². The van der Waals surface area contributed by atoms with Crippen LogP contribution in [0.3, 0.4) is 0 Å². The number of hydrogen-bond donors (Lipinski definition) is 1. The second kappa shape index (κ2) is 4.98. The minimum atomic E-state index is -3.17. The maximum Gasteiger partial charge on any atom is 0.180 e. The van der Waals surface area contributed by atoms with Crippen molar-refractivity contribution >= 4 is 38.9 Å². The summed E-state index contributed by atoms with van der Waals surface area (Å²) in [6, 6.07) is 12.5. The highest BCUT2D eigenvalue weighted by atomic mass is 35.5. The summed E-state index contributed by atoms with van der Waals surface area (Å²) in [5.74, 6) is 0.124. The fraction of sp³-hybridized carbons (Fsp3) is 0.143. The lowest BCUT2D eigenvalue weighted by molar-refractivity contribution is 0.600. The Balaban J connectivity index is 1.95. The molecule has 0 spiro atoms. The van der Waals surface area contributed by atoms with E-state index in [4.69, 9.17) is 17.3 Å². The topological polar surface area (TPSA) is 60.2 Å². The summed E-state index contributed by atoms with van der Waals surface area (Å²) in [5.41, 5.74) is 7.07. The third-order valence-corrected chi connectivity index (χ3v) is 6.81. The molecule has 20 heavy (non-hydrogen) atoms. The molecule has 0 amide bonds. The smallest absolute Gasteiger partial charge is 0.180 e. The number of fused-ring (bicyclic) bond motifs is 1. The molecule has 2 N–H and O–H groups in total. The quantitative estimate of drug-likeness (QED) is 0.858. The van der Waals surface area contributed by atoms with Gasteiger partial charge in [-0.3, -0.25) is 0 Å². The molecular weight excluding hydrogens is 314 g/mol. The van der Waals surface area contributed by atoms with Crippen LogP contribution in [0, 0.1) is 0 Å². The monoisotopic (exact) mass is 325 g/mol. The van der Waals surface area contributed by atoms with E-state index in [0.717, 1.165) is 10.5 Å². The van der Waals surface area contributed by atoms with E-state index in [9.17, 15) is 8.42 Å². The molecule has 0 bridgehead atoms. The van der Waals surface area contributed by atoms with Gasteiger partial charge in [-0.15, -0.1) is 11.8 Å². The fourth-order valence-corrected chi connectivity index (χ4v) is 5.99. The van der Waals surface area contributed by atoms with Crippen LogP contribution in [0.15, 0.2) is 52.3 Å². The maximum absolute atomic E-state index is 12.1. The van der Waals surface area contributed by atoms with Gasteiger partial charge < -0.3 is 5.73 Å². The zero-order valence-electron chi connectivity index (χ0n) is 10.4. The molecule has 0 aromatic heterocycles. The van der Waals surface area contributed by atoms with Gasteiger partial charge in [-0.05, 0) is 29.8 Å². The number of benzene rings is 2. The largest absolute Gasteiger partial charge is 0.398 e. The molecule has 2 aromatic rings.